The summed E-state index contributed by atoms with van der Waals surface area (Å²) in [6.07, 6.45) is 0. The second kappa shape index (κ2) is 4.91. The third-order valence-electron chi connectivity index (χ3n) is 2.60. The van der Waals surface area contributed by atoms with Crippen LogP contribution in [0.1, 0.15) is 28.7 Å². The van der Waals surface area contributed by atoms with Gasteiger partial charge in [0.2, 0.25) is 0 Å². The number of aromatic nitrogens is 1. The van der Waals surface area contributed by atoms with Crippen molar-refractivity contribution in [2.24, 2.45) is 0 Å². The van der Waals surface area contributed by atoms with E-state index in [2.05, 4.69) is 10.5 Å². The fraction of sp³-hybridized carbons (Fsp3) is 0.333. The van der Waals surface area contributed by atoms with Crippen LogP contribution in [0, 0.1) is 6.92 Å². The number of nitrogens with one attached hydrogen (secondary N) is 1. The largest absolute Gasteiger partial charge is 0.384 e. The van der Waals surface area contributed by atoms with Gasteiger partial charge in [-0.15, -0.1) is 0 Å². The highest BCUT2D eigenvalue weighted by Gasteiger charge is 2.25. The number of hydrogen-bond donors (Lipinski definition) is 2. The van der Waals surface area contributed by atoms with Gasteiger partial charge in [0.05, 0.1) is 6.54 Å². The molecule has 0 aliphatic rings. The van der Waals surface area contributed by atoms with Crippen molar-refractivity contribution in [2.75, 3.05) is 6.54 Å². The Morgan fingerprint density at radius 2 is 2.44 bits per heavy atom. The normalized spacial score (nSPS) is 14.2. The monoisotopic (exact) mass is 266 g/mol. The second-order valence-corrected chi connectivity index (χ2v) is 5.07. The van der Waals surface area contributed by atoms with Gasteiger partial charge >= 0.3 is 0 Å². The molecule has 1 unspecified atom stereocenters. The summed E-state index contributed by atoms with van der Waals surface area (Å²) in [5.74, 6) is 0.215. The first-order valence-corrected chi connectivity index (χ1v) is 6.40. The van der Waals surface area contributed by atoms with E-state index in [0.717, 1.165) is 5.56 Å². The van der Waals surface area contributed by atoms with Crippen molar-refractivity contribution < 1.29 is 14.4 Å². The van der Waals surface area contributed by atoms with E-state index in [4.69, 9.17) is 4.52 Å². The molecule has 96 valence electrons. The maximum absolute atomic E-state index is 11.7. The molecule has 2 rings (SSSR count). The van der Waals surface area contributed by atoms with Gasteiger partial charge in [0, 0.05) is 6.07 Å². The molecule has 1 amide bonds. The summed E-state index contributed by atoms with van der Waals surface area (Å²) < 4.78 is 4.82. The topological polar surface area (TPSA) is 75.4 Å². The molecule has 2 heterocycles. The summed E-state index contributed by atoms with van der Waals surface area (Å²) in [5, 5.41) is 20.2. The van der Waals surface area contributed by atoms with Crippen molar-refractivity contribution >= 4 is 17.2 Å². The maximum atomic E-state index is 11.7. The minimum Gasteiger partial charge on any atom is -0.384 e. The van der Waals surface area contributed by atoms with Crippen LogP contribution in [0.25, 0.3) is 0 Å². The van der Waals surface area contributed by atoms with E-state index in [1.807, 2.05) is 16.8 Å². The van der Waals surface area contributed by atoms with Crippen LogP contribution >= 0.6 is 11.3 Å². The van der Waals surface area contributed by atoms with E-state index >= 15 is 0 Å². The summed E-state index contributed by atoms with van der Waals surface area (Å²) in [4.78, 5) is 11.7. The van der Waals surface area contributed by atoms with Gasteiger partial charge in [-0.25, -0.2) is 0 Å². The van der Waals surface area contributed by atoms with Gasteiger partial charge in [0.15, 0.2) is 5.69 Å². The van der Waals surface area contributed by atoms with Crippen LogP contribution in [0.2, 0.25) is 0 Å². The first kappa shape index (κ1) is 12.8. The van der Waals surface area contributed by atoms with E-state index in [1.54, 1.807) is 19.9 Å². The van der Waals surface area contributed by atoms with Gasteiger partial charge in [-0.3, -0.25) is 4.79 Å². The summed E-state index contributed by atoms with van der Waals surface area (Å²) in [7, 11) is 0. The Kier molecular flexibility index (Phi) is 3.49. The van der Waals surface area contributed by atoms with Crippen molar-refractivity contribution in [1.82, 2.24) is 10.5 Å². The molecule has 18 heavy (non-hydrogen) atoms. The molecule has 0 saturated heterocycles. The molecule has 5 nitrogen and oxygen atoms in total. The number of rotatable bonds is 4. The summed E-state index contributed by atoms with van der Waals surface area (Å²) in [5.41, 5.74) is -0.0909. The summed E-state index contributed by atoms with van der Waals surface area (Å²) >= 11 is 1.50. The fourth-order valence-electron chi connectivity index (χ4n) is 1.49. The number of thiophene rings is 1. The average molecular weight is 266 g/mol. The highest BCUT2D eigenvalue weighted by molar-refractivity contribution is 7.08. The maximum Gasteiger partial charge on any atom is 0.273 e. The molecular weight excluding hydrogens is 252 g/mol. The van der Waals surface area contributed by atoms with E-state index in [1.165, 1.54) is 11.3 Å². The first-order valence-electron chi connectivity index (χ1n) is 5.45. The van der Waals surface area contributed by atoms with E-state index in [0.29, 0.717) is 5.76 Å². The third-order valence-corrected chi connectivity index (χ3v) is 3.28. The SMILES string of the molecule is Cc1cc(C(=O)NCC(C)(O)c2ccsc2)no1. The zero-order chi connectivity index (χ0) is 13.2. The Balaban J connectivity index is 1.98. The highest BCUT2D eigenvalue weighted by atomic mass is 32.1. The Morgan fingerprint density at radius 3 is 3.00 bits per heavy atom. The Hall–Kier alpha value is -1.66. The predicted octanol–water partition coefficient (Wildman–Crippen LogP) is 1.68. The lowest BCUT2D eigenvalue weighted by Crippen LogP contribution is -2.38. The number of amides is 1. The van der Waals surface area contributed by atoms with Crippen LogP contribution in [0.5, 0.6) is 0 Å². The summed E-state index contributed by atoms with van der Waals surface area (Å²) in [6.45, 7) is 3.49. The number of carbonyl (C=O) groups is 1. The van der Waals surface area contributed by atoms with Gasteiger partial charge in [-0.1, -0.05) is 5.16 Å². The molecule has 0 radical (unpaired) electrons. The standard InChI is InChI=1S/C12H14N2O3S/c1-8-5-10(14-17-8)11(15)13-7-12(2,16)9-3-4-18-6-9/h3-6,16H,7H2,1-2H3,(H,13,15). The van der Waals surface area contributed by atoms with Crippen molar-refractivity contribution in [1.29, 1.82) is 0 Å². The van der Waals surface area contributed by atoms with Crippen LogP contribution < -0.4 is 5.32 Å². The van der Waals surface area contributed by atoms with Crippen molar-refractivity contribution in [2.45, 2.75) is 19.4 Å². The minimum atomic E-state index is -1.09. The Morgan fingerprint density at radius 1 is 1.67 bits per heavy atom. The van der Waals surface area contributed by atoms with Gasteiger partial charge < -0.3 is 14.9 Å². The van der Waals surface area contributed by atoms with Gasteiger partial charge in [0.25, 0.3) is 5.91 Å². The quantitative estimate of drug-likeness (QED) is 0.883. The molecule has 0 spiro atoms. The van der Waals surface area contributed by atoms with Gasteiger partial charge in [-0.05, 0) is 36.2 Å². The molecule has 0 bridgehead atoms. The van der Waals surface area contributed by atoms with E-state index in [-0.39, 0.29) is 18.1 Å². The first-order chi connectivity index (χ1) is 8.49. The van der Waals surface area contributed by atoms with Crippen LogP contribution in [0.15, 0.2) is 27.4 Å². The highest BCUT2D eigenvalue weighted by Crippen LogP contribution is 2.22. The van der Waals surface area contributed by atoms with E-state index < -0.39 is 5.60 Å². The molecule has 0 aromatic carbocycles. The van der Waals surface area contributed by atoms with Crippen LogP contribution in [0.3, 0.4) is 0 Å². The van der Waals surface area contributed by atoms with Crippen molar-refractivity contribution in [3.63, 3.8) is 0 Å². The number of carbonyl (C=O) groups excluding carboxylic acids is 1. The fourth-order valence-corrected chi connectivity index (χ4v) is 2.27. The van der Waals surface area contributed by atoms with Crippen LogP contribution in [0.4, 0.5) is 0 Å². The van der Waals surface area contributed by atoms with Gasteiger partial charge in [-0.2, -0.15) is 11.3 Å². The number of aliphatic hydroxyl groups is 1. The lowest BCUT2D eigenvalue weighted by Gasteiger charge is -2.22. The van der Waals surface area contributed by atoms with E-state index in [9.17, 15) is 9.90 Å². The lowest BCUT2D eigenvalue weighted by molar-refractivity contribution is 0.0527. The summed E-state index contributed by atoms with van der Waals surface area (Å²) in [6, 6.07) is 3.38. The van der Waals surface area contributed by atoms with Gasteiger partial charge in [0.1, 0.15) is 11.4 Å². The molecule has 0 aliphatic carbocycles. The smallest absolute Gasteiger partial charge is 0.273 e. The molecule has 2 aromatic rings. The molecule has 2 N–H and O–H groups in total. The average Bonchev–Trinajstić information content (AvgIpc) is 2.96. The molecule has 0 aliphatic heterocycles. The molecule has 0 saturated carbocycles. The third kappa shape index (κ3) is 2.77. The molecular formula is C12H14N2O3S. The number of hydrogen-bond acceptors (Lipinski definition) is 5. The van der Waals surface area contributed by atoms with Crippen LogP contribution in [-0.2, 0) is 5.60 Å². The second-order valence-electron chi connectivity index (χ2n) is 4.29. The Bertz CT molecular complexity index is 531. The zero-order valence-corrected chi connectivity index (χ0v) is 11.0. The zero-order valence-electron chi connectivity index (χ0n) is 10.1. The molecule has 0 fully saturated rings. The molecule has 6 heteroatoms. The van der Waals surface area contributed by atoms with Crippen molar-refractivity contribution in [3.05, 3.63) is 39.9 Å². The van der Waals surface area contributed by atoms with Crippen LogP contribution in [-0.4, -0.2) is 22.7 Å². The molecule has 2 aromatic heterocycles. The Labute approximate surface area is 108 Å². The minimum absolute atomic E-state index is 0.120. The van der Waals surface area contributed by atoms with Crippen molar-refractivity contribution in [3.8, 4) is 0 Å². The lowest BCUT2D eigenvalue weighted by atomic mass is 9.99. The number of nitrogens with zero attached hydrogens (tertiary/aromatic N) is 1. The molecule has 1 atom stereocenters. The predicted molar refractivity (Wildman–Crippen MR) is 67.5 cm³/mol. The number of aryl methyl sites for hydroxylation is 1.